The molecule has 0 spiro atoms. The van der Waals surface area contributed by atoms with Crippen molar-refractivity contribution < 1.29 is 0 Å². The van der Waals surface area contributed by atoms with Crippen LogP contribution in [0.2, 0.25) is 0 Å². The third-order valence-electron chi connectivity index (χ3n) is 3.48. The van der Waals surface area contributed by atoms with Crippen LogP contribution in [0.1, 0.15) is 31.0 Å². The molecule has 1 aliphatic rings. The maximum Gasteiger partial charge on any atom is 0.0446 e. The van der Waals surface area contributed by atoms with Crippen molar-refractivity contribution >= 4 is 23.5 Å². The number of rotatable bonds is 5. The van der Waals surface area contributed by atoms with E-state index in [1.807, 2.05) is 0 Å². The van der Waals surface area contributed by atoms with Crippen LogP contribution in [0.25, 0.3) is 0 Å². The van der Waals surface area contributed by atoms with E-state index in [2.05, 4.69) is 74.0 Å². The van der Waals surface area contributed by atoms with Crippen LogP contribution in [0.4, 0.5) is 0 Å². The lowest BCUT2D eigenvalue weighted by atomic mass is 9.97. The number of thioether (sulfide) groups is 2. The second-order valence-corrected chi connectivity index (χ2v) is 8.09. The van der Waals surface area contributed by atoms with E-state index in [0.717, 1.165) is 5.92 Å². The van der Waals surface area contributed by atoms with Crippen molar-refractivity contribution in [3.8, 4) is 0 Å². The maximum absolute atomic E-state index is 3.53. The lowest BCUT2D eigenvalue weighted by molar-refractivity contribution is 0.589. The van der Waals surface area contributed by atoms with Crippen LogP contribution in [0.15, 0.2) is 24.3 Å². The molecule has 1 aliphatic heterocycles. The zero-order valence-corrected chi connectivity index (χ0v) is 13.8. The van der Waals surface area contributed by atoms with E-state index >= 15 is 0 Å². The molecule has 1 N–H and O–H groups in total. The fraction of sp³-hybridized carbons (Fsp3) is 0.625. The molecule has 3 heteroatoms. The Bertz CT molecular complexity index is 386. The highest BCUT2D eigenvalue weighted by Crippen LogP contribution is 2.33. The quantitative estimate of drug-likeness (QED) is 0.882. The van der Waals surface area contributed by atoms with E-state index in [-0.39, 0.29) is 0 Å². The number of hydrogen-bond donors (Lipinski definition) is 1. The Kier molecular flexibility index (Phi) is 6.11. The summed E-state index contributed by atoms with van der Waals surface area (Å²) in [5, 5.41) is 4.24. The molecule has 0 radical (unpaired) electrons. The summed E-state index contributed by atoms with van der Waals surface area (Å²) >= 11 is 4.22. The summed E-state index contributed by atoms with van der Waals surface area (Å²) in [6, 6.07) is 9.66. The van der Waals surface area contributed by atoms with Crippen molar-refractivity contribution in [1.82, 2.24) is 5.32 Å². The van der Waals surface area contributed by atoms with Gasteiger partial charge in [0.2, 0.25) is 0 Å². The Morgan fingerprint density at radius 1 is 1.32 bits per heavy atom. The molecule has 1 aromatic carbocycles. The summed E-state index contributed by atoms with van der Waals surface area (Å²) < 4.78 is 0. The van der Waals surface area contributed by atoms with Crippen molar-refractivity contribution in [3.63, 3.8) is 0 Å². The Morgan fingerprint density at radius 2 is 2.16 bits per heavy atom. The minimum Gasteiger partial charge on any atom is -0.312 e. The largest absolute Gasteiger partial charge is 0.312 e. The third kappa shape index (κ3) is 4.44. The maximum atomic E-state index is 3.53. The first kappa shape index (κ1) is 15.3. The Balaban J connectivity index is 2.12. The van der Waals surface area contributed by atoms with Gasteiger partial charge >= 0.3 is 0 Å². The normalized spacial score (nSPS) is 21.6. The van der Waals surface area contributed by atoms with E-state index in [4.69, 9.17) is 0 Å². The molecule has 1 heterocycles. The molecule has 2 rings (SSSR count). The lowest BCUT2D eigenvalue weighted by Crippen LogP contribution is -2.31. The zero-order chi connectivity index (χ0) is 13.7. The van der Waals surface area contributed by atoms with Crippen LogP contribution >= 0.6 is 23.5 Å². The molecule has 0 amide bonds. The van der Waals surface area contributed by atoms with Crippen molar-refractivity contribution in [1.29, 1.82) is 0 Å². The van der Waals surface area contributed by atoms with Crippen LogP contribution in [0, 0.1) is 5.92 Å². The molecule has 19 heavy (non-hydrogen) atoms. The van der Waals surface area contributed by atoms with Gasteiger partial charge in [-0.15, -0.1) is 0 Å². The average molecular weight is 296 g/mol. The number of nitrogens with one attached hydrogen (secondary N) is 1. The lowest BCUT2D eigenvalue weighted by Gasteiger charge is -2.30. The second kappa shape index (κ2) is 7.61. The predicted molar refractivity (Wildman–Crippen MR) is 90.4 cm³/mol. The number of hydrogen-bond acceptors (Lipinski definition) is 3. The predicted octanol–water partition coefficient (Wildman–Crippen LogP) is 3.99. The molecule has 1 nitrogen and oxygen atoms in total. The van der Waals surface area contributed by atoms with Gasteiger partial charge in [-0.3, -0.25) is 0 Å². The molecule has 0 aromatic heterocycles. The van der Waals surface area contributed by atoms with Crippen molar-refractivity contribution in [2.45, 2.75) is 31.6 Å². The van der Waals surface area contributed by atoms with E-state index in [1.54, 1.807) is 0 Å². The highest BCUT2D eigenvalue weighted by atomic mass is 32.2. The zero-order valence-electron chi connectivity index (χ0n) is 12.2. The van der Waals surface area contributed by atoms with Crippen molar-refractivity contribution in [2.75, 3.05) is 24.3 Å². The van der Waals surface area contributed by atoms with Crippen LogP contribution in [-0.2, 0) is 6.42 Å². The summed E-state index contributed by atoms with van der Waals surface area (Å²) in [7, 11) is 2.10. The fourth-order valence-corrected chi connectivity index (χ4v) is 5.56. The van der Waals surface area contributed by atoms with Gasteiger partial charge in [0, 0.05) is 28.6 Å². The number of benzene rings is 1. The van der Waals surface area contributed by atoms with Gasteiger partial charge in [-0.2, -0.15) is 23.5 Å². The summed E-state index contributed by atoms with van der Waals surface area (Å²) in [5.74, 6) is 4.59. The summed E-state index contributed by atoms with van der Waals surface area (Å²) in [6.45, 7) is 4.58. The van der Waals surface area contributed by atoms with Gasteiger partial charge in [0.15, 0.2) is 0 Å². The van der Waals surface area contributed by atoms with E-state index in [0.29, 0.717) is 11.3 Å². The Hall–Kier alpha value is -0.120. The van der Waals surface area contributed by atoms with Crippen LogP contribution in [0.5, 0.6) is 0 Å². The van der Waals surface area contributed by atoms with Crippen LogP contribution in [-0.4, -0.2) is 29.6 Å². The summed E-state index contributed by atoms with van der Waals surface area (Å²) in [6.07, 6.45) is 1.18. The van der Waals surface area contributed by atoms with Crippen molar-refractivity contribution in [3.05, 3.63) is 35.4 Å². The van der Waals surface area contributed by atoms with Crippen molar-refractivity contribution in [2.24, 2.45) is 5.92 Å². The fourth-order valence-electron chi connectivity index (χ4n) is 2.65. The average Bonchev–Trinajstić information content (AvgIpc) is 2.40. The van der Waals surface area contributed by atoms with Gasteiger partial charge in [0.25, 0.3) is 0 Å². The van der Waals surface area contributed by atoms with E-state index < -0.39 is 0 Å². The Labute approximate surface area is 126 Å². The smallest absolute Gasteiger partial charge is 0.0446 e. The summed E-state index contributed by atoms with van der Waals surface area (Å²) in [4.78, 5) is 0. The molecule has 0 aliphatic carbocycles. The molecular weight excluding hydrogens is 270 g/mol. The van der Waals surface area contributed by atoms with E-state index in [1.165, 1.54) is 34.8 Å². The highest BCUT2D eigenvalue weighted by molar-refractivity contribution is 8.06. The summed E-state index contributed by atoms with van der Waals surface area (Å²) in [5.41, 5.74) is 2.93. The van der Waals surface area contributed by atoms with E-state index in [9.17, 15) is 0 Å². The molecule has 2 unspecified atom stereocenters. The molecule has 1 aromatic rings. The molecule has 2 atom stereocenters. The van der Waals surface area contributed by atoms with Gasteiger partial charge < -0.3 is 5.32 Å². The molecular formula is C16H25NS2. The van der Waals surface area contributed by atoms with Gasteiger partial charge in [-0.25, -0.2) is 0 Å². The SMILES string of the molecule is CNC(c1cccc(CC(C)C)c1)C1CSCCS1. The second-order valence-electron chi connectivity index (χ2n) is 5.59. The van der Waals surface area contributed by atoms with Gasteiger partial charge in [-0.05, 0) is 30.5 Å². The molecule has 0 bridgehead atoms. The third-order valence-corrected chi connectivity index (χ3v) is 6.34. The Morgan fingerprint density at radius 3 is 2.79 bits per heavy atom. The topological polar surface area (TPSA) is 12.0 Å². The first-order valence-electron chi connectivity index (χ1n) is 7.16. The highest BCUT2D eigenvalue weighted by Gasteiger charge is 2.24. The van der Waals surface area contributed by atoms with Crippen LogP contribution in [0.3, 0.4) is 0 Å². The minimum atomic E-state index is 0.491. The van der Waals surface area contributed by atoms with Gasteiger partial charge in [0.1, 0.15) is 0 Å². The minimum absolute atomic E-state index is 0.491. The first-order valence-corrected chi connectivity index (χ1v) is 9.36. The standard InChI is InChI=1S/C16H25NS2/c1-12(2)9-13-5-4-6-14(10-13)16(17-3)15-11-18-7-8-19-15/h4-6,10,12,15-17H,7-9,11H2,1-3H3. The molecule has 1 fully saturated rings. The molecule has 0 saturated carbocycles. The molecule has 106 valence electrons. The molecule has 1 saturated heterocycles. The monoisotopic (exact) mass is 295 g/mol. The van der Waals surface area contributed by atoms with Gasteiger partial charge in [0.05, 0.1) is 0 Å². The van der Waals surface area contributed by atoms with Crippen LogP contribution < -0.4 is 5.32 Å². The first-order chi connectivity index (χ1) is 9.20. The van der Waals surface area contributed by atoms with Gasteiger partial charge in [-0.1, -0.05) is 38.1 Å².